The van der Waals surface area contributed by atoms with Gasteiger partial charge in [0.25, 0.3) is 0 Å². The number of benzene rings is 1. The van der Waals surface area contributed by atoms with E-state index in [4.69, 9.17) is 0 Å². The van der Waals surface area contributed by atoms with Crippen LogP contribution in [0.15, 0.2) is 36.7 Å². The van der Waals surface area contributed by atoms with Gasteiger partial charge in [-0.3, -0.25) is 9.78 Å². The highest BCUT2D eigenvalue weighted by Crippen LogP contribution is 2.60. The number of aryl methyl sites for hydroxylation is 1. The molecule has 2 aliphatic carbocycles. The molecule has 0 aliphatic heterocycles. The lowest BCUT2D eigenvalue weighted by atomic mass is 9.67. The van der Waals surface area contributed by atoms with E-state index in [9.17, 15) is 9.18 Å². The van der Waals surface area contributed by atoms with Crippen LogP contribution in [0.5, 0.6) is 0 Å². The van der Waals surface area contributed by atoms with Crippen molar-refractivity contribution in [2.24, 2.45) is 10.8 Å². The Morgan fingerprint density at radius 1 is 1.22 bits per heavy atom. The van der Waals surface area contributed by atoms with Crippen LogP contribution >= 0.6 is 0 Å². The molecule has 2 aromatic rings. The fourth-order valence-corrected chi connectivity index (χ4v) is 4.84. The maximum absolute atomic E-state index is 13.4. The Balaban J connectivity index is 1.52. The third-order valence-corrected chi connectivity index (χ3v) is 6.08. The predicted molar refractivity (Wildman–Crippen MR) is 102 cm³/mol. The highest BCUT2D eigenvalue weighted by Gasteiger charge is 2.51. The lowest BCUT2D eigenvalue weighted by Crippen LogP contribution is -2.29. The SMILES string of the molecule is Cc1cncc(C(=O)CC23CCCC(C#Cc4cccc(F)c4)(CC2)C3)n1. The molecule has 2 saturated carbocycles. The second-order valence-electron chi connectivity index (χ2n) is 8.22. The van der Waals surface area contributed by atoms with Crippen LogP contribution in [0.25, 0.3) is 0 Å². The molecule has 2 aliphatic rings. The van der Waals surface area contributed by atoms with Crippen LogP contribution in [0.2, 0.25) is 0 Å². The van der Waals surface area contributed by atoms with Crippen molar-refractivity contribution in [3.05, 3.63) is 59.4 Å². The number of hydrogen-bond donors (Lipinski definition) is 0. The van der Waals surface area contributed by atoms with Crippen molar-refractivity contribution in [2.75, 3.05) is 0 Å². The maximum atomic E-state index is 13.4. The van der Waals surface area contributed by atoms with Gasteiger partial charge < -0.3 is 0 Å². The third kappa shape index (κ3) is 3.78. The summed E-state index contributed by atoms with van der Waals surface area (Å²) in [6, 6.07) is 6.45. The average Bonchev–Trinajstić information content (AvgIpc) is 2.90. The number of hydrogen-bond acceptors (Lipinski definition) is 3. The van der Waals surface area contributed by atoms with E-state index in [-0.39, 0.29) is 22.4 Å². The molecule has 2 fully saturated rings. The second-order valence-corrected chi connectivity index (χ2v) is 8.22. The van der Waals surface area contributed by atoms with Crippen LogP contribution in [-0.2, 0) is 0 Å². The summed E-state index contributed by atoms with van der Waals surface area (Å²) in [5.41, 5.74) is 1.95. The number of nitrogens with zero attached hydrogens (tertiary/aromatic N) is 2. The number of rotatable bonds is 3. The number of carbonyl (C=O) groups is 1. The number of aromatic nitrogens is 2. The minimum absolute atomic E-state index is 0.0252. The van der Waals surface area contributed by atoms with Crippen LogP contribution in [-0.4, -0.2) is 15.8 Å². The minimum atomic E-state index is -0.256. The van der Waals surface area contributed by atoms with Crippen LogP contribution in [0, 0.1) is 35.4 Å². The molecule has 0 spiro atoms. The summed E-state index contributed by atoms with van der Waals surface area (Å²) in [7, 11) is 0. The Morgan fingerprint density at radius 2 is 2.11 bits per heavy atom. The van der Waals surface area contributed by atoms with Gasteiger partial charge in [0.05, 0.1) is 11.9 Å². The molecular formula is C23H23FN2O. The number of carbonyl (C=O) groups excluding carboxylic acids is 1. The molecule has 2 atom stereocenters. The van der Waals surface area contributed by atoms with E-state index in [2.05, 4.69) is 21.8 Å². The number of halogens is 1. The Morgan fingerprint density at radius 3 is 2.93 bits per heavy atom. The van der Waals surface area contributed by atoms with Gasteiger partial charge in [-0.2, -0.15) is 0 Å². The van der Waals surface area contributed by atoms with Crippen molar-refractivity contribution < 1.29 is 9.18 Å². The quantitative estimate of drug-likeness (QED) is 0.577. The van der Waals surface area contributed by atoms with Crippen molar-refractivity contribution >= 4 is 5.78 Å². The van der Waals surface area contributed by atoms with E-state index in [1.807, 2.05) is 13.0 Å². The summed E-state index contributed by atoms with van der Waals surface area (Å²) < 4.78 is 13.4. The molecule has 0 radical (unpaired) electrons. The van der Waals surface area contributed by atoms with E-state index in [1.54, 1.807) is 18.5 Å². The first kappa shape index (κ1) is 17.9. The Hall–Kier alpha value is -2.54. The molecule has 0 amide bonds. The normalized spacial score (nSPS) is 26.3. The lowest BCUT2D eigenvalue weighted by molar-refractivity contribution is 0.0856. The smallest absolute Gasteiger partial charge is 0.183 e. The molecule has 4 rings (SSSR count). The highest BCUT2D eigenvalue weighted by atomic mass is 19.1. The summed E-state index contributed by atoms with van der Waals surface area (Å²) in [6.07, 6.45) is 9.97. The van der Waals surface area contributed by atoms with E-state index in [1.165, 1.54) is 12.1 Å². The molecular weight excluding hydrogens is 339 g/mol. The molecule has 0 N–H and O–H groups in total. The summed E-state index contributed by atoms with van der Waals surface area (Å²) in [6.45, 7) is 1.85. The van der Waals surface area contributed by atoms with E-state index in [0.717, 1.165) is 49.8 Å². The number of ketones is 1. The summed E-state index contributed by atoms with van der Waals surface area (Å²) >= 11 is 0. The van der Waals surface area contributed by atoms with E-state index < -0.39 is 0 Å². The zero-order valence-electron chi connectivity index (χ0n) is 15.6. The summed E-state index contributed by atoms with van der Waals surface area (Å²) in [5.74, 6) is 6.48. The molecule has 2 bridgehead atoms. The van der Waals surface area contributed by atoms with Gasteiger partial charge in [0, 0.05) is 23.6 Å². The van der Waals surface area contributed by atoms with E-state index in [0.29, 0.717) is 12.1 Å². The first-order valence-electron chi connectivity index (χ1n) is 9.58. The van der Waals surface area contributed by atoms with Crippen molar-refractivity contribution in [1.82, 2.24) is 9.97 Å². The second kappa shape index (κ2) is 6.88. The van der Waals surface area contributed by atoms with Crippen LogP contribution < -0.4 is 0 Å². The fraction of sp³-hybridized carbons (Fsp3) is 0.435. The maximum Gasteiger partial charge on any atom is 0.183 e. The summed E-state index contributed by atoms with van der Waals surface area (Å²) in [5, 5.41) is 0. The number of Topliss-reactive ketones (excluding diaryl/α,β-unsaturated/α-hetero) is 1. The molecule has 2 unspecified atom stereocenters. The lowest BCUT2D eigenvalue weighted by Gasteiger charge is -2.36. The molecule has 3 nitrogen and oxygen atoms in total. The van der Waals surface area contributed by atoms with Crippen molar-refractivity contribution in [1.29, 1.82) is 0 Å². The zero-order chi connectivity index (χ0) is 18.9. The molecule has 1 aromatic carbocycles. The molecule has 0 saturated heterocycles. The molecule has 27 heavy (non-hydrogen) atoms. The average molecular weight is 362 g/mol. The predicted octanol–water partition coefficient (Wildman–Crippen LogP) is 4.89. The van der Waals surface area contributed by atoms with Gasteiger partial charge in [-0.05, 0) is 62.6 Å². The first-order chi connectivity index (χ1) is 13.0. The van der Waals surface area contributed by atoms with Crippen LogP contribution in [0.3, 0.4) is 0 Å². The van der Waals surface area contributed by atoms with Gasteiger partial charge in [-0.25, -0.2) is 9.37 Å². The molecule has 1 aromatic heterocycles. The first-order valence-corrected chi connectivity index (χ1v) is 9.58. The number of fused-ring (bicyclic) bond motifs is 2. The highest BCUT2D eigenvalue weighted by molar-refractivity contribution is 5.94. The largest absolute Gasteiger partial charge is 0.292 e. The third-order valence-electron chi connectivity index (χ3n) is 6.08. The van der Waals surface area contributed by atoms with E-state index >= 15 is 0 Å². The van der Waals surface area contributed by atoms with Crippen molar-refractivity contribution in [3.63, 3.8) is 0 Å². The van der Waals surface area contributed by atoms with Crippen LogP contribution in [0.1, 0.15) is 66.7 Å². The minimum Gasteiger partial charge on any atom is -0.292 e. The van der Waals surface area contributed by atoms with Crippen molar-refractivity contribution in [3.8, 4) is 11.8 Å². The molecule has 138 valence electrons. The molecule has 1 heterocycles. The molecule has 4 heteroatoms. The monoisotopic (exact) mass is 362 g/mol. The van der Waals surface area contributed by atoms with Gasteiger partial charge in [-0.15, -0.1) is 0 Å². The van der Waals surface area contributed by atoms with Crippen molar-refractivity contribution in [2.45, 2.75) is 51.9 Å². The van der Waals surface area contributed by atoms with Gasteiger partial charge >= 0.3 is 0 Å². The standard InChI is InChI=1S/C23H23FN2O/c1-17-14-25-15-20(26-17)21(27)13-23-8-3-7-22(16-23,10-11-23)9-6-18-4-2-5-19(24)12-18/h2,4-5,12,14-15H,3,7-8,10-11,13,16H2,1H3. The topological polar surface area (TPSA) is 42.9 Å². The van der Waals surface area contributed by atoms with Gasteiger partial charge in [0.15, 0.2) is 5.78 Å². The fourth-order valence-electron chi connectivity index (χ4n) is 4.84. The Bertz CT molecular complexity index is 945. The van der Waals surface area contributed by atoms with Crippen LogP contribution in [0.4, 0.5) is 4.39 Å². The zero-order valence-corrected chi connectivity index (χ0v) is 15.6. The summed E-state index contributed by atoms with van der Waals surface area (Å²) in [4.78, 5) is 21.2. The Labute approximate surface area is 159 Å². The Kier molecular flexibility index (Phi) is 4.55. The van der Waals surface area contributed by atoms with Gasteiger partial charge in [-0.1, -0.05) is 24.3 Å². The van der Waals surface area contributed by atoms with Gasteiger partial charge in [0.1, 0.15) is 11.5 Å². The van der Waals surface area contributed by atoms with Gasteiger partial charge in [0.2, 0.25) is 0 Å².